The van der Waals surface area contributed by atoms with Gasteiger partial charge in [0.15, 0.2) is 0 Å². The van der Waals surface area contributed by atoms with E-state index in [-0.39, 0.29) is 42.7 Å². The van der Waals surface area contributed by atoms with Gasteiger partial charge in [0, 0.05) is 55.4 Å². The second-order valence-electron chi connectivity index (χ2n) is 15.7. The van der Waals surface area contributed by atoms with Crippen molar-refractivity contribution >= 4 is 74.2 Å². The molecule has 7 N–H and O–H groups in total. The van der Waals surface area contributed by atoms with Crippen LogP contribution in [-0.2, 0) is 32.7 Å². The summed E-state index contributed by atoms with van der Waals surface area (Å²) in [5.74, 6) is -1.32. The minimum atomic E-state index is -0.690. The molecule has 0 atom stereocenters. The van der Waals surface area contributed by atoms with Gasteiger partial charge in [-0.25, -0.2) is 9.97 Å². The van der Waals surface area contributed by atoms with Crippen molar-refractivity contribution in [1.29, 1.82) is 0 Å². The van der Waals surface area contributed by atoms with Gasteiger partial charge in [-0.05, 0) is 88.4 Å². The van der Waals surface area contributed by atoms with E-state index in [1.54, 1.807) is 56.6 Å². The Balaban J connectivity index is 0.00000356. The van der Waals surface area contributed by atoms with E-state index in [2.05, 4.69) is 31.2 Å². The van der Waals surface area contributed by atoms with Crippen molar-refractivity contribution in [2.45, 2.75) is 74.3 Å². The number of anilines is 3. The Morgan fingerprint density at radius 2 is 1.19 bits per heavy atom. The smallest absolute Gasteiger partial charge is 0.276 e. The standard InChI is InChI=1S/C47H51N15O6.C2H6/c1-7-60-36(19-27(3)56-60)44(65)54-46-52-33-22-29(42(48)63)24-38(67-6)40(33)58(46)15-9-10-16-59-41-34(53-47(59)55-45(66)37-20-28(4)57-61(37)8-2)23-30(43(49)64)25-39(41)68-18-12-11-17-62-35-14-13-32(50-5)21-31(35)26-51-62;1-2/h9-14,19-26,50H,7-8,15-18H2,1-6H3,(H2,48,63)(H2,49,64)(H,52,54,65)(H,53,55,66);1-2H3/b10-9+,12-11+;. The molecule has 364 valence electrons. The number of ether oxygens (including phenoxy) is 2. The van der Waals surface area contributed by atoms with Gasteiger partial charge in [0.2, 0.25) is 23.7 Å². The molecule has 0 unspecified atom stereocenters. The fourth-order valence-corrected chi connectivity index (χ4v) is 7.95. The SMILES string of the molecule is CC.CCn1nc(C)cc1C(=O)Nc1nc2cc(C(N)=O)cc(OC)c2n1C/C=C/Cn1c(NC(=O)c2cc(C)nn2CC)nc2cc(C(N)=O)cc(OC/C=C/Cn3ncc4cc(NC)ccc43)c21. The van der Waals surface area contributed by atoms with Gasteiger partial charge < -0.3 is 35.4 Å². The number of imidazole rings is 2. The van der Waals surface area contributed by atoms with Gasteiger partial charge in [-0.1, -0.05) is 32.1 Å². The molecule has 0 spiro atoms. The molecule has 0 bridgehead atoms. The Morgan fingerprint density at radius 1 is 0.671 bits per heavy atom. The van der Waals surface area contributed by atoms with Crippen LogP contribution in [0.4, 0.5) is 17.6 Å². The zero-order chi connectivity index (χ0) is 50.2. The number of primary amides is 2. The number of nitrogens with one attached hydrogen (secondary N) is 3. The van der Waals surface area contributed by atoms with Crippen LogP contribution in [0, 0.1) is 13.8 Å². The second kappa shape index (κ2) is 21.5. The zero-order valence-electron chi connectivity index (χ0n) is 40.4. The third kappa shape index (κ3) is 10.2. The minimum Gasteiger partial charge on any atom is -0.494 e. The fourth-order valence-electron chi connectivity index (χ4n) is 7.95. The normalized spacial score (nSPS) is 11.4. The van der Waals surface area contributed by atoms with E-state index >= 15 is 0 Å². The number of hydrogen-bond donors (Lipinski definition) is 5. The average Bonchev–Trinajstić information content (AvgIpc) is 4.19. The van der Waals surface area contributed by atoms with Gasteiger partial charge in [-0.3, -0.25) is 43.9 Å². The molecule has 0 saturated carbocycles. The van der Waals surface area contributed by atoms with Gasteiger partial charge >= 0.3 is 0 Å². The Bertz CT molecular complexity index is 3310. The summed E-state index contributed by atoms with van der Waals surface area (Å²) in [5, 5.41) is 23.4. The zero-order valence-corrected chi connectivity index (χ0v) is 40.4. The molecule has 21 heteroatoms. The summed E-state index contributed by atoms with van der Waals surface area (Å²) in [6.45, 7) is 13.2. The maximum Gasteiger partial charge on any atom is 0.276 e. The summed E-state index contributed by atoms with van der Waals surface area (Å²) >= 11 is 0. The molecule has 3 aromatic carbocycles. The molecule has 4 amide bonds. The molecular weight excluding hydrogens is 895 g/mol. The molecular formula is C49H57N15O6. The molecule has 8 aromatic rings. The van der Waals surface area contributed by atoms with Crippen LogP contribution in [-0.4, -0.2) is 92.8 Å². The number of aromatic nitrogens is 10. The van der Waals surface area contributed by atoms with E-state index in [1.165, 1.54) is 19.2 Å². The lowest BCUT2D eigenvalue weighted by Gasteiger charge is -2.13. The number of nitrogens with two attached hydrogens (primary N) is 2. The number of fused-ring (bicyclic) bond motifs is 3. The van der Waals surface area contributed by atoms with E-state index in [0.29, 0.717) is 76.0 Å². The van der Waals surface area contributed by atoms with Crippen molar-refractivity contribution in [1.82, 2.24) is 48.4 Å². The number of carbonyl (C=O) groups is 4. The van der Waals surface area contributed by atoms with Gasteiger partial charge in [0.05, 0.1) is 47.8 Å². The lowest BCUT2D eigenvalue weighted by Crippen LogP contribution is -2.20. The van der Waals surface area contributed by atoms with Crippen molar-refractivity contribution in [3.05, 3.63) is 119 Å². The number of amides is 4. The monoisotopic (exact) mass is 951 g/mol. The summed E-state index contributed by atoms with van der Waals surface area (Å²) in [6.07, 6.45) is 9.27. The van der Waals surface area contributed by atoms with Gasteiger partial charge in [-0.15, -0.1) is 0 Å². The summed E-state index contributed by atoms with van der Waals surface area (Å²) in [4.78, 5) is 62.1. The number of allylic oxidation sites excluding steroid dienone is 3. The number of nitrogens with zero attached hydrogens (tertiary/aromatic N) is 10. The summed E-state index contributed by atoms with van der Waals surface area (Å²) in [6, 6.07) is 15.5. The van der Waals surface area contributed by atoms with Crippen LogP contribution >= 0.6 is 0 Å². The number of methoxy groups -OCH3 is 1. The van der Waals surface area contributed by atoms with E-state index in [1.807, 2.05) is 88.1 Å². The van der Waals surface area contributed by atoms with Crippen LogP contribution in [0.2, 0.25) is 0 Å². The van der Waals surface area contributed by atoms with Crippen molar-refractivity contribution in [3.8, 4) is 11.5 Å². The van der Waals surface area contributed by atoms with Crippen molar-refractivity contribution in [2.24, 2.45) is 11.5 Å². The molecule has 70 heavy (non-hydrogen) atoms. The van der Waals surface area contributed by atoms with E-state index < -0.39 is 23.6 Å². The van der Waals surface area contributed by atoms with Gasteiger partial charge in [0.1, 0.15) is 40.5 Å². The predicted octanol–water partition coefficient (Wildman–Crippen LogP) is 6.46. The molecule has 0 aliphatic rings. The largest absolute Gasteiger partial charge is 0.494 e. The average molecular weight is 952 g/mol. The summed E-state index contributed by atoms with van der Waals surface area (Å²) < 4.78 is 20.6. The Labute approximate surface area is 403 Å². The van der Waals surface area contributed by atoms with Crippen molar-refractivity contribution in [3.63, 3.8) is 0 Å². The van der Waals surface area contributed by atoms with Crippen LogP contribution in [0.3, 0.4) is 0 Å². The minimum absolute atomic E-state index is 0.109. The highest BCUT2D eigenvalue weighted by molar-refractivity contribution is 6.05. The lowest BCUT2D eigenvalue weighted by atomic mass is 10.1. The highest BCUT2D eigenvalue weighted by Gasteiger charge is 2.24. The first-order chi connectivity index (χ1) is 33.8. The number of carbonyl (C=O) groups excluding carboxylic acids is 4. The number of rotatable bonds is 19. The number of hydrogen-bond acceptors (Lipinski definition) is 12. The summed E-state index contributed by atoms with van der Waals surface area (Å²) in [5.41, 5.74) is 17.4. The molecule has 0 fully saturated rings. The fraction of sp³-hybridized carbons (Fsp3) is 0.286. The topological polar surface area (TPSA) is 264 Å². The molecule has 0 aliphatic heterocycles. The van der Waals surface area contributed by atoms with Crippen molar-refractivity contribution < 1.29 is 28.7 Å². The molecule has 0 radical (unpaired) electrons. The van der Waals surface area contributed by atoms with Gasteiger partial charge in [0.25, 0.3) is 11.8 Å². The maximum atomic E-state index is 13.9. The summed E-state index contributed by atoms with van der Waals surface area (Å²) in [7, 11) is 3.33. The molecule has 5 aromatic heterocycles. The molecule has 21 nitrogen and oxygen atoms in total. The van der Waals surface area contributed by atoms with E-state index in [9.17, 15) is 19.2 Å². The van der Waals surface area contributed by atoms with Gasteiger partial charge in [-0.2, -0.15) is 15.3 Å². The Kier molecular flexibility index (Phi) is 15.1. The molecule has 8 rings (SSSR count). The Morgan fingerprint density at radius 3 is 1.69 bits per heavy atom. The maximum absolute atomic E-state index is 13.9. The first-order valence-electron chi connectivity index (χ1n) is 22.8. The molecule has 5 heterocycles. The van der Waals surface area contributed by atoms with Crippen LogP contribution < -0.4 is 36.9 Å². The third-order valence-electron chi connectivity index (χ3n) is 11.2. The van der Waals surface area contributed by atoms with Crippen LogP contribution in [0.1, 0.15) is 80.8 Å². The molecule has 0 saturated heterocycles. The number of aryl methyl sites for hydroxylation is 4. The first kappa shape index (κ1) is 49.2. The van der Waals surface area contributed by atoms with E-state index in [4.69, 9.17) is 30.9 Å². The Hall–Kier alpha value is -8.75. The highest BCUT2D eigenvalue weighted by atomic mass is 16.5. The van der Waals surface area contributed by atoms with Crippen LogP contribution in [0.25, 0.3) is 33.0 Å². The van der Waals surface area contributed by atoms with Crippen molar-refractivity contribution in [2.75, 3.05) is 36.7 Å². The molecule has 0 aliphatic carbocycles. The third-order valence-corrected chi connectivity index (χ3v) is 11.2. The highest BCUT2D eigenvalue weighted by Crippen LogP contribution is 2.33. The predicted molar refractivity (Wildman–Crippen MR) is 269 cm³/mol. The van der Waals surface area contributed by atoms with Crippen LogP contribution in [0.15, 0.2) is 85.1 Å². The second-order valence-corrected chi connectivity index (χ2v) is 15.7. The van der Waals surface area contributed by atoms with Crippen LogP contribution in [0.5, 0.6) is 11.5 Å². The lowest BCUT2D eigenvalue weighted by molar-refractivity contribution is 0.0991. The quantitative estimate of drug-likeness (QED) is 0.0547. The van der Waals surface area contributed by atoms with E-state index in [0.717, 1.165) is 16.6 Å². The number of benzene rings is 3. The first-order valence-corrected chi connectivity index (χ1v) is 22.8.